The molecule has 1 aromatic carbocycles. The molecule has 3 N–H and O–H groups in total. The molecule has 0 aliphatic carbocycles. The van der Waals surface area contributed by atoms with Gasteiger partial charge in [0.15, 0.2) is 0 Å². The van der Waals surface area contributed by atoms with Gasteiger partial charge >= 0.3 is 12.0 Å². The summed E-state index contributed by atoms with van der Waals surface area (Å²) < 4.78 is 0.964. The van der Waals surface area contributed by atoms with Gasteiger partial charge in [0.1, 0.15) is 6.04 Å². The minimum atomic E-state index is -1.10. The van der Waals surface area contributed by atoms with Gasteiger partial charge in [-0.2, -0.15) is 0 Å². The molecule has 1 saturated heterocycles. The Bertz CT molecular complexity index is 508. The molecule has 1 heterocycles. The van der Waals surface area contributed by atoms with E-state index in [0.29, 0.717) is 5.69 Å². The fraction of sp³-hybridized carbons (Fsp3) is 0.333. The predicted octanol–water partition coefficient (Wildman–Crippen LogP) is 1.34. The lowest BCUT2D eigenvalue weighted by atomic mass is 10.2. The third kappa shape index (κ3) is 3.35. The maximum absolute atomic E-state index is 12.0. The van der Waals surface area contributed by atoms with Crippen LogP contribution in [0.25, 0.3) is 0 Å². The second-order valence-electron chi connectivity index (χ2n) is 4.34. The second-order valence-corrected chi connectivity index (χ2v) is 5.58. The molecule has 1 fully saturated rings. The number of carbonyl (C=O) groups excluding carboxylic acids is 1. The summed E-state index contributed by atoms with van der Waals surface area (Å²) in [7, 11) is 0. The van der Waals surface area contributed by atoms with Crippen LogP contribution in [0.15, 0.2) is 24.3 Å². The van der Waals surface area contributed by atoms with Crippen molar-refractivity contribution < 1.29 is 19.8 Å². The number of aliphatic hydroxyl groups is 1. The molecule has 7 heteroatoms. The number of nitrogens with one attached hydrogen (secondary N) is 1. The molecule has 0 aromatic heterocycles. The minimum Gasteiger partial charge on any atom is -0.480 e. The van der Waals surface area contributed by atoms with E-state index >= 15 is 0 Å². The number of carbonyl (C=O) groups is 2. The van der Waals surface area contributed by atoms with Gasteiger partial charge in [0.2, 0.25) is 0 Å². The van der Waals surface area contributed by atoms with Crippen LogP contribution in [0.1, 0.15) is 6.42 Å². The quantitative estimate of drug-likeness (QED) is 0.680. The molecule has 2 atom stereocenters. The molecular formula is C12H13IN2O4. The van der Waals surface area contributed by atoms with Crippen molar-refractivity contribution in [2.75, 3.05) is 11.9 Å². The SMILES string of the molecule is O=C(O)[C@@H]1CC(O)CN1C(=O)Nc1cccc(I)c1. The number of benzene rings is 1. The number of hydrogen-bond acceptors (Lipinski definition) is 3. The van der Waals surface area contributed by atoms with Crippen molar-refractivity contribution in [1.29, 1.82) is 0 Å². The number of carboxylic acid groups (broad SMARTS) is 1. The van der Waals surface area contributed by atoms with Gasteiger partial charge in [0.25, 0.3) is 0 Å². The van der Waals surface area contributed by atoms with Gasteiger partial charge in [-0.05, 0) is 40.8 Å². The number of urea groups is 1. The third-order valence-corrected chi connectivity index (χ3v) is 3.57. The normalized spacial score (nSPS) is 22.3. The Morgan fingerprint density at radius 2 is 2.16 bits per heavy atom. The van der Waals surface area contributed by atoms with Gasteiger partial charge < -0.3 is 20.4 Å². The van der Waals surface area contributed by atoms with E-state index in [1.165, 1.54) is 0 Å². The van der Waals surface area contributed by atoms with Crippen LogP contribution in [0.3, 0.4) is 0 Å². The van der Waals surface area contributed by atoms with Gasteiger partial charge in [-0.25, -0.2) is 9.59 Å². The second kappa shape index (κ2) is 5.74. The standard InChI is InChI=1S/C12H13IN2O4/c13-7-2-1-3-8(4-7)14-12(19)15-6-9(16)5-10(15)11(17)18/h1-4,9-10,16H,5-6H2,(H,14,19)(H,17,18)/t9?,10-/m0/s1. The summed E-state index contributed by atoms with van der Waals surface area (Å²) in [6.07, 6.45) is -0.725. The molecule has 2 rings (SSSR count). The summed E-state index contributed by atoms with van der Waals surface area (Å²) >= 11 is 2.12. The van der Waals surface area contributed by atoms with Gasteiger partial charge in [-0.15, -0.1) is 0 Å². The zero-order chi connectivity index (χ0) is 14.0. The van der Waals surface area contributed by atoms with E-state index < -0.39 is 24.1 Å². The number of likely N-dealkylation sites (tertiary alicyclic amines) is 1. The van der Waals surface area contributed by atoms with Crippen LogP contribution < -0.4 is 5.32 Å². The molecular weight excluding hydrogens is 363 g/mol. The number of halogens is 1. The maximum Gasteiger partial charge on any atom is 0.326 e. The predicted molar refractivity (Wildman–Crippen MR) is 76.9 cm³/mol. The molecule has 6 nitrogen and oxygen atoms in total. The van der Waals surface area contributed by atoms with Crippen LogP contribution in [0, 0.1) is 3.57 Å². The summed E-state index contributed by atoms with van der Waals surface area (Å²) in [5.74, 6) is -1.10. The van der Waals surface area contributed by atoms with Gasteiger partial charge in [0, 0.05) is 22.2 Å². The van der Waals surface area contributed by atoms with Crippen LogP contribution in [-0.4, -0.2) is 45.8 Å². The van der Waals surface area contributed by atoms with Crippen molar-refractivity contribution >= 4 is 40.3 Å². The first-order valence-electron chi connectivity index (χ1n) is 5.71. The average Bonchev–Trinajstić information content (AvgIpc) is 2.71. The third-order valence-electron chi connectivity index (χ3n) is 2.90. The molecule has 1 aromatic rings. The van der Waals surface area contributed by atoms with Crippen LogP contribution in [0.2, 0.25) is 0 Å². The molecule has 0 bridgehead atoms. The zero-order valence-corrected chi connectivity index (χ0v) is 12.1. The summed E-state index contributed by atoms with van der Waals surface area (Å²) in [6.45, 7) is 0.0345. The molecule has 0 saturated carbocycles. The lowest BCUT2D eigenvalue weighted by Crippen LogP contribution is -2.43. The number of rotatable bonds is 2. The highest BCUT2D eigenvalue weighted by Crippen LogP contribution is 2.20. The Hall–Kier alpha value is -1.35. The fourth-order valence-electron chi connectivity index (χ4n) is 2.03. The van der Waals surface area contributed by atoms with Crippen molar-refractivity contribution in [2.24, 2.45) is 0 Å². The highest BCUT2D eigenvalue weighted by molar-refractivity contribution is 14.1. The van der Waals surface area contributed by atoms with Crippen LogP contribution in [-0.2, 0) is 4.79 Å². The number of hydrogen-bond donors (Lipinski definition) is 3. The van der Waals surface area contributed by atoms with E-state index in [-0.39, 0.29) is 13.0 Å². The van der Waals surface area contributed by atoms with E-state index in [2.05, 4.69) is 27.9 Å². The molecule has 19 heavy (non-hydrogen) atoms. The highest BCUT2D eigenvalue weighted by Gasteiger charge is 2.38. The van der Waals surface area contributed by atoms with E-state index in [9.17, 15) is 14.7 Å². The molecule has 1 unspecified atom stereocenters. The highest BCUT2D eigenvalue weighted by atomic mass is 127. The van der Waals surface area contributed by atoms with Crippen molar-refractivity contribution in [2.45, 2.75) is 18.6 Å². The zero-order valence-electron chi connectivity index (χ0n) is 9.91. The van der Waals surface area contributed by atoms with Crippen LogP contribution in [0.5, 0.6) is 0 Å². The Labute approximate surface area is 123 Å². The lowest BCUT2D eigenvalue weighted by Gasteiger charge is -2.21. The average molecular weight is 376 g/mol. The first-order valence-corrected chi connectivity index (χ1v) is 6.79. The number of nitrogens with zero attached hydrogens (tertiary/aromatic N) is 1. The Balaban J connectivity index is 2.09. The van der Waals surface area contributed by atoms with Gasteiger partial charge in [-0.1, -0.05) is 6.07 Å². The largest absolute Gasteiger partial charge is 0.480 e. The molecule has 0 radical (unpaired) electrons. The monoisotopic (exact) mass is 376 g/mol. The van der Waals surface area contributed by atoms with Crippen molar-refractivity contribution in [3.8, 4) is 0 Å². The summed E-state index contributed by atoms with van der Waals surface area (Å²) in [5.41, 5.74) is 0.599. The fourth-order valence-corrected chi connectivity index (χ4v) is 2.58. The first kappa shape index (κ1) is 14.1. The van der Waals surface area contributed by atoms with Crippen molar-refractivity contribution in [3.63, 3.8) is 0 Å². The first-order chi connectivity index (χ1) is 8.97. The van der Waals surface area contributed by atoms with Crippen LogP contribution in [0.4, 0.5) is 10.5 Å². The molecule has 2 amide bonds. The van der Waals surface area contributed by atoms with Crippen molar-refractivity contribution in [3.05, 3.63) is 27.8 Å². The Morgan fingerprint density at radius 3 is 2.79 bits per heavy atom. The molecule has 102 valence electrons. The van der Waals surface area contributed by atoms with Crippen LogP contribution >= 0.6 is 22.6 Å². The number of carboxylic acids is 1. The molecule has 1 aliphatic heterocycles. The maximum atomic E-state index is 12.0. The lowest BCUT2D eigenvalue weighted by molar-refractivity contribution is -0.141. The van der Waals surface area contributed by atoms with Gasteiger partial charge in [0.05, 0.1) is 6.10 Å². The Morgan fingerprint density at radius 1 is 1.42 bits per heavy atom. The van der Waals surface area contributed by atoms with E-state index in [1.807, 2.05) is 6.07 Å². The van der Waals surface area contributed by atoms with E-state index in [0.717, 1.165) is 8.47 Å². The molecule has 0 spiro atoms. The number of aliphatic hydroxyl groups excluding tert-OH is 1. The number of anilines is 1. The minimum absolute atomic E-state index is 0.0345. The molecule has 1 aliphatic rings. The summed E-state index contributed by atoms with van der Waals surface area (Å²) in [6, 6.07) is 5.70. The Kier molecular flexibility index (Phi) is 4.25. The summed E-state index contributed by atoms with van der Waals surface area (Å²) in [5, 5.41) is 21.2. The number of amides is 2. The van der Waals surface area contributed by atoms with E-state index in [1.54, 1.807) is 18.2 Å². The van der Waals surface area contributed by atoms with Gasteiger partial charge in [-0.3, -0.25) is 0 Å². The van der Waals surface area contributed by atoms with Crippen molar-refractivity contribution in [1.82, 2.24) is 4.90 Å². The number of aliphatic carboxylic acids is 1. The smallest absolute Gasteiger partial charge is 0.326 e. The van der Waals surface area contributed by atoms with E-state index in [4.69, 9.17) is 5.11 Å². The number of β-amino-alcohol motifs (C(OH)–C–C–N with tert-alkyl or cyclic N) is 1. The summed E-state index contributed by atoms with van der Waals surface area (Å²) in [4.78, 5) is 24.2. The topological polar surface area (TPSA) is 89.9 Å².